The molecule has 1 aromatic carbocycles. The monoisotopic (exact) mass is 277 g/mol. The van der Waals surface area contributed by atoms with Crippen LogP contribution in [0.2, 0.25) is 0 Å². The molecule has 0 aliphatic carbocycles. The van der Waals surface area contributed by atoms with Gasteiger partial charge >= 0.3 is 0 Å². The van der Waals surface area contributed by atoms with Crippen LogP contribution in [0.25, 0.3) is 0 Å². The highest BCUT2D eigenvalue weighted by atomic mass is 32.1. The third-order valence-electron chi connectivity index (χ3n) is 3.34. The first-order chi connectivity index (χ1) is 9.08. The van der Waals surface area contributed by atoms with Crippen LogP contribution in [0.5, 0.6) is 11.5 Å². The summed E-state index contributed by atoms with van der Waals surface area (Å²) in [7, 11) is 3.28. The molecule has 4 heteroatoms. The summed E-state index contributed by atoms with van der Waals surface area (Å²) in [5, 5.41) is 4.22. The third-order valence-corrected chi connectivity index (χ3v) is 4.22. The molecule has 1 unspecified atom stereocenters. The van der Waals surface area contributed by atoms with Crippen LogP contribution in [0.15, 0.2) is 22.9 Å². The second-order valence-corrected chi connectivity index (χ2v) is 5.30. The van der Waals surface area contributed by atoms with Gasteiger partial charge in [-0.15, -0.1) is 0 Å². The second kappa shape index (κ2) is 5.63. The SMILES string of the molecule is COc1cc(C)c(C(N)c2cscc2C)cc1OC. The molecule has 102 valence electrons. The zero-order valence-corrected chi connectivity index (χ0v) is 12.5. The van der Waals surface area contributed by atoms with Gasteiger partial charge in [-0.25, -0.2) is 0 Å². The van der Waals surface area contributed by atoms with Gasteiger partial charge in [0.25, 0.3) is 0 Å². The van der Waals surface area contributed by atoms with Crippen molar-refractivity contribution in [2.24, 2.45) is 5.73 Å². The quantitative estimate of drug-likeness (QED) is 0.931. The molecule has 0 radical (unpaired) electrons. The Labute approximate surface area is 118 Å². The number of hydrogen-bond acceptors (Lipinski definition) is 4. The van der Waals surface area contributed by atoms with Gasteiger partial charge < -0.3 is 15.2 Å². The average Bonchev–Trinajstić information content (AvgIpc) is 2.83. The van der Waals surface area contributed by atoms with Gasteiger partial charge in [-0.3, -0.25) is 0 Å². The molecule has 0 aliphatic rings. The minimum absolute atomic E-state index is 0.133. The highest BCUT2D eigenvalue weighted by Crippen LogP contribution is 2.35. The number of hydrogen-bond donors (Lipinski definition) is 1. The van der Waals surface area contributed by atoms with Crippen LogP contribution in [-0.4, -0.2) is 14.2 Å². The van der Waals surface area contributed by atoms with E-state index in [9.17, 15) is 0 Å². The van der Waals surface area contributed by atoms with Crippen molar-refractivity contribution in [2.75, 3.05) is 14.2 Å². The Morgan fingerprint density at radius 1 is 0.947 bits per heavy atom. The van der Waals surface area contributed by atoms with Gasteiger partial charge in [0.15, 0.2) is 11.5 Å². The molecule has 1 heterocycles. The number of nitrogens with two attached hydrogens (primary N) is 1. The van der Waals surface area contributed by atoms with Gasteiger partial charge in [-0.05, 0) is 59.0 Å². The summed E-state index contributed by atoms with van der Waals surface area (Å²) < 4.78 is 10.7. The molecule has 2 N–H and O–H groups in total. The second-order valence-electron chi connectivity index (χ2n) is 4.55. The molecular formula is C15H19NO2S. The molecule has 0 aliphatic heterocycles. The van der Waals surface area contributed by atoms with Crippen LogP contribution < -0.4 is 15.2 Å². The van der Waals surface area contributed by atoms with Crippen LogP contribution in [0, 0.1) is 13.8 Å². The van der Waals surface area contributed by atoms with Crippen LogP contribution in [0.1, 0.15) is 28.3 Å². The number of ether oxygens (including phenoxy) is 2. The van der Waals surface area contributed by atoms with E-state index in [2.05, 4.69) is 17.7 Å². The fourth-order valence-electron chi connectivity index (χ4n) is 2.19. The molecule has 0 fully saturated rings. The molecule has 1 atom stereocenters. The number of methoxy groups -OCH3 is 2. The maximum Gasteiger partial charge on any atom is 0.161 e. The number of benzene rings is 1. The lowest BCUT2D eigenvalue weighted by atomic mass is 9.95. The van der Waals surface area contributed by atoms with Gasteiger partial charge in [0.05, 0.1) is 20.3 Å². The van der Waals surface area contributed by atoms with E-state index in [0.717, 1.165) is 16.9 Å². The lowest BCUT2D eigenvalue weighted by Gasteiger charge is -2.18. The molecule has 0 saturated heterocycles. The summed E-state index contributed by atoms with van der Waals surface area (Å²) >= 11 is 1.68. The zero-order chi connectivity index (χ0) is 14.0. The molecule has 2 rings (SSSR count). The van der Waals surface area contributed by atoms with Crippen LogP contribution in [0.3, 0.4) is 0 Å². The van der Waals surface area contributed by atoms with Gasteiger partial charge in [-0.1, -0.05) is 0 Å². The smallest absolute Gasteiger partial charge is 0.161 e. The van der Waals surface area contributed by atoms with Gasteiger partial charge in [0.1, 0.15) is 0 Å². The summed E-state index contributed by atoms with van der Waals surface area (Å²) in [6, 6.07) is 3.80. The number of aryl methyl sites for hydroxylation is 2. The predicted molar refractivity (Wildman–Crippen MR) is 79.4 cm³/mol. The Morgan fingerprint density at radius 2 is 1.58 bits per heavy atom. The standard InChI is InChI=1S/C15H19NO2S/c1-9-5-13(17-3)14(18-4)6-11(9)15(16)12-8-19-7-10(12)2/h5-8,15H,16H2,1-4H3. The van der Waals surface area contributed by atoms with E-state index < -0.39 is 0 Å². The summed E-state index contributed by atoms with van der Waals surface area (Å²) in [4.78, 5) is 0. The van der Waals surface area contributed by atoms with Gasteiger partial charge in [-0.2, -0.15) is 11.3 Å². The van der Waals surface area contributed by atoms with Gasteiger partial charge in [0, 0.05) is 0 Å². The number of rotatable bonds is 4. The van der Waals surface area contributed by atoms with E-state index in [4.69, 9.17) is 15.2 Å². The first-order valence-electron chi connectivity index (χ1n) is 6.09. The largest absolute Gasteiger partial charge is 0.493 e. The Balaban J connectivity index is 2.48. The molecule has 0 amide bonds. The van der Waals surface area contributed by atoms with Crippen molar-refractivity contribution in [1.29, 1.82) is 0 Å². The fraction of sp³-hybridized carbons (Fsp3) is 0.333. The van der Waals surface area contributed by atoms with E-state index in [1.807, 2.05) is 19.1 Å². The molecule has 0 saturated carbocycles. The van der Waals surface area contributed by atoms with Crippen LogP contribution >= 0.6 is 11.3 Å². The topological polar surface area (TPSA) is 44.5 Å². The molecular weight excluding hydrogens is 258 g/mol. The van der Waals surface area contributed by atoms with Crippen molar-refractivity contribution in [2.45, 2.75) is 19.9 Å². The molecule has 1 aromatic heterocycles. The van der Waals surface area contributed by atoms with E-state index >= 15 is 0 Å². The molecule has 2 aromatic rings. The zero-order valence-electron chi connectivity index (χ0n) is 11.7. The third kappa shape index (κ3) is 2.60. The van der Waals surface area contributed by atoms with Crippen LogP contribution in [-0.2, 0) is 0 Å². The lowest BCUT2D eigenvalue weighted by Crippen LogP contribution is -2.14. The summed E-state index contributed by atoms with van der Waals surface area (Å²) in [6.07, 6.45) is 0. The maximum absolute atomic E-state index is 6.39. The van der Waals surface area contributed by atoms with Crippen molar-refractivity contribution >= 4 is 11.3 Å². The molecule has 0 bridgehead atoms. The van der Waals surface area contributed by atoms with Crippen molar-refractivity contribution in [3.63, 3.8) is 0 Å². The first-order valence-corrected chi connectivity index (χ1v) is 7.03. The van der Waals surface area contributed by atoms with Crippen LogP contribution in [0.4, 0.5) is 0 Å². The predicted octanol–water partition coefficient (Wildman–Crippen LogP) is 3.43. The van der Waals surface area contributed by atoms with E-state index in [0.29, 0.717) is 5.75 Å². The minimum atomic E-state index is -0.133. The Hall–Kier alpha value is -1.52. The molecule has 3 nitrogen and oxygen atoms in total. The fourth-order valence-corrected chi connectivity index (χ4v) is 3.08. The van der Waals surface area contributed by atoms with Crippen molar-refractivity contribution < 1.29 is 9.47 Å². The maximum atomic E-state index is 6.39. The van der Waals surface area contributed by atoms with Gasteiger partial charge in [0.2, 0.25) is 0 Å². The van der Waals surface area contributed by atoms with Crippen molar-refractivity contribution in [3.05, 3.63) is 45.1 Å². The summed E-state index contributed by atoms with van der Waals surface area (Å²) in [5.74, 6) is 1.45. The lowest BCUT2D eigenvalue weighted by molar-refractivity contribution is 0.354. The summed E-state index contributed by atoms with van der Waals surface area (Å²) in [6.45, 7) is 4.13. The van der Waals surface area contributed by atoms with Crippen molar-refractivity contribution in [3.8, 4) is 11.5 Å². The Morgan fingerprint density at radius 3 is 2.11 bits per heavy atom. The van der Waals surface area contributed by atoms with E-state index in [-0.39, 0.29) is 6.04 Å². The molecule has 19 heavy (non-hydrogen) atoms. The first kappa shape index (κ1) is 13.9. The van der Waals surface area contributed by atoms with E-state index in [1.165, 1.54) is 11.1 Å². The Bertz CT molecular complexity index is 578. The van der Waals surface area contributed by atoms with E-state index in [1.54, 1.807) is 25.6 Å². The number of thiophene rings is 1. The normalized spacial score (nSPS) is 12.3. The summed E-state index contributed by atoms with van der Waals surface area (Å²) in [5.41, 5.74) is 11.0. The Kier molecular flexibility index (Phi) is 4.12. The average molecular weight is 277 g/mol. The van der Waals surface area contributed by atoms with Crippen molar-refractivity contribution in [1.82, 2.24) is 0 Å². The minimum Gasteiger partial charge on any atom is -0.493 e. The highest BCUT2D eigenvalue weighted by molar-refractivity contribution is 7.08. The highest BCUT2D eigenvalue weighted by Gasteiger charge is 2.17. The molecule has 0 spiro atoms.